The second kappa shape index (κ2) is 16.9. The van der Waals surface area contributed by atoms with E-state index in [4.69, 9.17) is 18.9 Å². The number of aliphatic imine (C=N–C) groups is 2. The average Bonchev–Trinajstić information content (AvgIpc) is 3.85. The van der Waals surface area contributed by atoms with Crippen LogP contribution in [0.5, 0.6) is 0 Å². The van der Waals surface area contributed by atoms with Gasteiger partial charge in [-0.2, -0.15) is 0 Å². The molecule has 294 valence electrons. The molecule has 1 N–H and O–H groups in total. The number of fused-ring (bicyclic) bond motifs is 5. The summed E-state index contributed by atoms with van der Waals surface area (Å²) in [6.45, 7) is 16.9. The second-order valence-electron chi connectivity index (χ2n) is 18.2. The van der Waals surface area contributed by atoms with E-state index < -0.39 is 45.2 Å². The number of nitrogens with zero attached hydrogens (tertiary/aromatic N) is 2. The van der Waals surface area contributed by atoms with Crippen molar-refractivity contribution in [2.45, 2.75) is 138 Å². The summed E-state index contributed by atoms with van der Waals surface area (Å²) in [4.78, 5) is 63.2. The molecular weight excluding hydrogens is 685 g/mol. The zero-order chi connectivity index (χ0) is 38.5. The second-order valence-corrected chi connectivity index (χ2v) is 19.3. The van der Waals surface area contributed by atoms with Crippen molar-refractivity contribution in [2.75, 3.05) is 32.1 Å². The van der Waals surface area contributed by atoms with Crippen molar-refractivity contribution in [1.29, 1.82) is 0 Å². The summed E-state index contributed by atoms with van der Waals surface area (Å²) in [5.74, 6) is 0.591. The molecule has 0 spiro atoms. The Morgan fingerprint density at radius 2 is 1.52 bits per heavy atom. The van der Waals surface area contributed by atoms with E-state index in [1.54, 1.807) is 73.4 Å². The highest BCUT2D eigenvalue weighted by atomic mass is 32.2. The van der Waals surface area contributed by atoms with Crippen LogP contribution in [0.3, 0.4) is 0 Å². The van der Waals surface area contributed by atoms with Gasteiger partial charge in [0, 0.05) is 18.6 Å². The number of ether oxygens (including phenoxy) is 4. The Balaban J connectivity index is 1.47. The van der Waals surface area contributed by atoms with Crippen LogP contribution in [0.2, 0.25) is 0 Å². The lowest BCUT2D eigenvalue weighted by atomic mass is 9.61. The first-order valence-electron chi connectivity index (χ1n) is 19.3. The summed E-state index contributed by atoms with van der Waals surface area (Å²) < 4.78 is 23.5. The zero-order valence-electron chi connectivity index (χ0n) is 33.1. The van der Waals surface area contributed by atoms with Gasteiger partial charge in [0.2, 0.25) is 0 Å². The predicted molar refractivity (Wildman–Crippen MR) is 202 cm³/mol. The molecule has 0 saturated heterocycles. The molecule has 2 bridgehead atoms. The molecule has 0 aromatic heterocycles. The maximum Gasteiger partial charge on any atom is 0.312 e. The van der Waals surface area contributed by atoms with E-state index in [0.717, 1.165) is 36.1 Å². The Bertz CT molecular complexity index is 1370. The summed E-state index contributed by atoms with van der Waals surface area (Å²) in [5, 5.41) is 11.5. The molecule has 4 aliphatic rings. The summed E-state index contributed by atoms with van der Waals surface area (Å²) in [5.41, 5.74) is -5.97. The van der Waals surface area contributed by atoms with Crippen LogP contribution in [0.4, 0.5) is 0 Å². The Labute approximate surface area is 315 Å². The van der Waals surface area contributed by atoms with Crippen LogP contribution >= 0.6 is 11.8 Å². The molecule has 0 radical (unpaired) electrons. The summed E-state index contributed by atoms with van der Waals surface area (Å²) >= 11 is 1.57. The standard InChI is InChI=1S/C40H64N2O9S/c1-10-38(7,34(47)51-36(2,3)4)24-39(8,31(43)44)25-40(9,33(46)49-19-18-48-17-12-20-52-35-41-15-16-42-35)23-37(5,6)32(45)50-30-22-26-21-29(30)28-14-11-13-27(26)28/h15,26-30H,10-14,16-25H2,1-9H3,(H,43,44). The summed E-state index contributed by atoms with van der Waals surface area (Å²) in [6, 6.07) is 0. The van der Waals surface area contributed by atoms with Crippen molar-refractivity contribution in [1.82, 2.24) is 0 Å². The van der Waals surface area contributed by atoms with E-state index in [1.807, 2.05) is 6.92 Å². The molecule has 0 amide bonds. The smallest absolute Gasteiger partial charge is 0.312 e. The van der Waals surface area contributed by atoms with Crippen molar-refractivity contribution in [3.05, 3.63) is 0 Å². The number of carbonyl (C=O) groups is 4. The normalized spacial score (nSPS) is 27.2. The summed E-state index contributed by atoms with van der Waals surface area (Å²) in [7, 11) is 0. The molecule has 11 nitrogen and oxygen atoms in total. The van der Waals surface area contributed by atoms with Gasteiger partial charge in [0.1, 0.15) is 18.3 Å². The highest BCUT2D eigenvalue weighted by molar-refractivity contribution is 8.13. The predicted octanol–water partition coefficient (Wildman–Crippen LogP) is 7.53. The Morgan fingerprint density at radius 3 is 2.15 bits per heavy atom. The minimum atomic E-state index is -1.54. The third-order valence-corrected chi connectivity index (χ3v) is 12.9. The van der Waals surface area contributed by atoms with Crippen LogP contribution in [-0.4, -0.2) is 84.2 Å². The number of hydrogen-bond donors (Lipinski definition) is 1. The number of esters is 3. The molecule has 3 aliphatic carbocycles. The molecule has 1 aliphatic heterocycles. The molecule has 8 atom stereocenters. The number of aliphatic carboxylic acids is 1. The maximum absolute atomic E-state index is 14.1. The van der Waals surface area contributed by atoms with Crippen LogP contribution in [0, 0.1) is 45.3 Å². The highest BCUT2D eigenvalue weighted by Crippen LogP contribution is 2.60. The lowest BCUT2D eigenvalue weighted by Crippen LogP contribution is -2.47. The Morgan fingerprint density at radius 1 is 0.827 bits per heavy atom. The fraction of sp³-hybridized carbons (Fsp3) is 0.850. The average molecular weight is 749 g/mol. The van der Waals surface area contributed by atoms with Gasteiger partial charge in [-0.05, 0) is 137 Å². The van der Waals surface area contributed by atoms with Crippen LogP contribution in [0.25, 0.3) is 0 Å². The van der Waals surface area contributed by atoms with Gasteiger partial charge in [-0.25, -0.2) is 4.99 Å². The fourth-order valence-electron chi connectivity index (χ4n) is 9.53. The van der Waals surface area contributed by atoms with Gasteiger partial charge in [0.25, 0.3) is 0 Å². The van der Waals surface area contributed by atoms with Gasteiger partial charge < -0.3 is 24.1 Å². The third kappa shape index (κ3) is 10.4. The largest absolute Gasteiger partial charge is 0.481 e. The zero-order valence-corrected chi connectivity index (χ0v) is 33.9. The minimum Gasteiger partial charge on any atom is -0.481 e. The molecular formula is C40H64N2O9S. The van der Waals surface area contributed by atoms with Crippen LogP contribution in [0.15, 0.2) is 9.98 Å². The van der Waals surface area contributed by atoms with Crippen LogP contribution in [0.1, 0.15) is 127 Å². The quantitative estimate of drug-likeness (QED) is 0.0798. The van der Waals surface area contributed by atoms with Crippen molar-refractivity contribution in [2.24, 2.45) is 55.3 Å². The van der Waals surface area contributed by atoms with E-state index in [1.165, 1.54) is 19.3 Å². The fourth-order valence-corrected chi connectivity index (χ4v) is 10.3. The van der Waals surface area contributed by atoms with Gasteiger partial charge in [-0.3, -0.25) is 24.2 Å². The van der Waals surface area contributed by atoms with Crippen molar-refractivity contribution >= 4 is 47.0 Å². The van der Waals surface area contributed by atoms with E-state index in [-0.39, 0.29) is 44.5 Å². The molecule has 8 unspecified atom stereocenters. The molecule has 1 heterocycles. The molecule has 4 rings (SSSR count). The van der Waals surface area contributed by atoms with E-state index in [2.05, 4.69) is 9.98 Å². The van der Waals surface area contributed by atoms with Gasteiger partial charge in [-0.1, -0.05) is 25.1 Å². The van der Waals surface area contributed by atoms with E-state index in [0.29, 0.717) is 37.3 Å². The molecule has 52 heavy (non-hydrogen) atoms. The highest BCUT2D eigenvalue weighted by Gasteiger charge is 2.57. The number of carboxylic acid groups (broad SMARTS) is 1. The van der Waals surface area contributed by atoms with Crippen LogP contribution < -0.4 is 0 Å². The van der Waals surface area contributed by atoms with Gasteiger partial charge >= 0.3 is 23.9 Å². The van der Waals surface area contributed by atoms with Crippen molar-refractivity contribution in [3.63, 3.8) is 0 Å². The molecule has 0 aromatic carbocycles. The molecule has 12 heteroatoms. The van der Waals surface area contributed by atoms with E-state index >= 15 is 0 Å². The molecule has 3 fully saturated rings. The Kier molecular flexibility index (Phi) is 13.7. The van der Waals surface area contributed by atoms with Gasteiger partial charge in [-0.15, -0.1) is 0 Å². The topological polar surface area (TPSA) is 150 Å². The molecule has 3 saturated carbocycles. The van der Waals surface area contributed by atoms with E-state index in [9.17, 15) is 24.3 Å². The Hall–Kier alpha value is -2.47. The third-order valence-electron chi connectivity index (χ3n) is 11.9. The SMILES string of the molecule is CCC(C)(CC(C)(CC(C)(CC(C)(C)C(=O)OC1CC2CC1C1CCCC21)C(=O)OCCOCCCSC1=NCC=N1)C(=O)O)C(=O)OC(C)(C)C. The number of carbonyl (C=O) groups excluding carboxylic acids is 3. The first-order valence-corrected chi connectivity index (χ1v) is 20.3. The molecule has 0 aromatic rings. The number of amidine groups is 1. The summed E-state index contributed by atoms with van der Waals surface area (Å²) in [6.07, 6.45) is 8.29. The lowest BCUT2D eigenvalue weighted by molar-refractivity contribution is -0.175. The van der Waals surface area contributed by atoms with Gasteiger partial charge in [0.15, 0.2) is 5.17 Å². The minimum absolute atomic E-state index is 0.00707. The van der Waals surface area contributed by atoms with Crippen molar-refractivity contribution in [3.8, 4) is 0 Å². The number of thioether (sulfide) groups is 1. The van der Waals surface area contributed by atoms with Crippen LogP contribution in [-0.2, 0) is 38.1 Å². The number of rotatable bonds is 19. The first kappa shape index (κ1) is 42.3. The number of carboxylic acids is 1. The first-order chi connectivity index (χ1) is 24.2. The lowest BCUT2D eigenvalue weighted by Gasteiger charge is -2.42. The maximum atomic E-state index is 14.1. The number of hydrogen-bond acceptors (Lipinski definition) is 11. The van der Waals surface area contributed by atoms with Gasteiger partial charge in [0.05, 0.1) is 34.8 Å². The van der Waals surface area contributed by atoms with Crippen molar-refractivity contribution < 1.29 is 43.2 Å². The monoisotopic (exact) mass is 748 g/mol.